The number of carbonyl (C=O) groups is 2. The number of carbonyl (C=O) groups excluding carboxylic acids is 1. The van der Waals surface area contributed by atoms with Crippen LogP contribution in [0.2, 0.25) is 0 Å². The first-order chi connectivity index (χ1) is 13.5. The van der Waals surface area contributed by atoms with Gasteiger partial charge in [0.15, 0.2) is 0 Å². The molecule has 2 aliphatic rings. The van der Waals surface area contributed by atoms with E-state index in [2.05, 4.69) is 29.6 Å². The Morgan fingerprint density at radius 2 is 1.64 bits per heavy atom. The number of amides is 1. The molecule has 4 rings (SSSR count). The summed E-state index contributed by atoms with van der Waals surface area (Å²) < 4.78 is 10.5. The van der Waals surface area contributed by atoms with Gasteiger partial charge in [-0.2, -0.15) is 0 Å². The number of aliphatic carboxylic acids is 1. The van der Waals surface area contributed by atoms with Crippen LogP contribution in [-0.4, -0.2) is 43.5 Å². The number of methoxy groups -OCH3 is 1. The molecule has 0 spiro atoms. The van der Waals surface area contributed by atoms with Crippen molar-refractivity contribution in [2.45, 2.75) is 24.8 Å². The van der Waals surface area contributed by atoms with Crippen LogP contribution >= 0.6 is 0 Å². The van der Waals surface area contributed by atoms with Gasteiger partial charge in [0.05, 0.1) is 12.0 Å². The van der Waals surface area contributed by atoms with Crippen molar-refractivity contribution in [2.75, 3.05) is 20.3 Å². The SMILES string of the molecule is COCC1(C(=O)O)CC(NC(=O)OCC2c3ccccc3-c3ccccc32)C1. The average Bonchev–Trinajstić information content (AvgIpc) is 2.98. The van der Waals surface area contributed by atoms with Crippen LogP contribution in [0.1, 0.15) is 29.9 Å². The molecule has 2 aromatic carbocycles. The number of fused-ring (bicyclic) bond motifs is 3. The van der Waals surface area contributed by atoms with Gasteiger partial charge in [-0.05, 0) is 35.1 Å². The predicted octanol–water partition coefficient (Wildman–Crippen LogP) is 3.40. The number of ether oxygens (including phenoxy) is 2. The summed E-state index contributed by atoms with van der Waals surface area (Å²) in [4.78, 5) is 23.7. The summed E-state index contributed by atoms with van der Waals surface area (Å²) >= 11 is 0. The lowest BCUT2D eigenvalue weighted by Crippen LogP contribution is -2.56. The van der Waals surface area contributed by atoms with Crippen molar-refractivity contribution in [3.63, 3.8) is 0 Å². The van der Waals surface area contributed by atoms with E-state index < -0.39 is 17.5 Å². The normalized spacial score (nSPS) is 22.7. The molecule has 0 aliphatic heterocycles. The van der Waals surface area contributed by atoms with Crippen LogP contribution in [0.3, 0.4) is 0 Å². The maximum absolute atomic E-state index is 12.3. The van der Waals surface area contributed by atoms with Crippen LogP contribution in [0, 0.1) is 5.41 Å². The van der Waals surface area contributed by atoms with Crippen molar-refractivity contribution in [1.82, 2.24) is 5.32 Å². The smallest absolute Gasteiger partial charge is 0.407 e. The highest BCUT2D eigenvalue weighted by Gasteiger charge is 2.51. The van der Waals surface area contributed by atoms with Gasteiger partial charge in [0, 0.05) is 19.1 Å². The average molecular weight is 381 g/mol. The molecule has 6 heteroatoms. The highest BCUT2D eigenvalue weighted by Crippen LogP contribution is 2.45. The summed E-state index contributed by atoms with van der Waals surface area (Å²) in [5.41, 5.74) is 3.76. The number of carboxylic acids is 1. The fraction of sp³-hybridized carbons (Fsp3) is 0.364. The van der Waals surface area contributed by atoms with Crippen LogP contribution < -0.4 is 5.32 Å². The van der Waals surface area contributed by atoms with Gasteiger partial charge in [0.25, 0.3) is 0 Å². The van der Waals surface area contributed by atoms with Crippen LogP contribution in [0.5, 0.6) is 0 Å². The van der Waals surface area contributed by atoms with Crippen LogP contribution in [0.25, 0.3) is 11.1 Å². The van der Waals surface area contributed by atoms with E-state index in [4.69, 9.17) is 9.47 Å². The second-order valence-corrected chi connectivity index (χ2v) is 7.59. The Bertz CT molecular complexity index is 858. The van der Waals surface area contributed by atoms with Crippen molar-refractivity contribution in [1.29, 1.82) is 0 Å². The summed E-state index contributed by atoms with van der Waals surface area (Å²) in [6.45, 7) is 0.389. The molecule has 6 nitrogen and oxygen atoms in total. The number of hydrogen-bond donors (Lipinski definition) is 2. The third kappa shape index (κ3) is 3.14. The second-order valence-electron chi connectivity index (χ2n) is 7.59. The monoisotopic (exact) mass is 381 g/mol. The lowest BCUT2D eigenvalue weighted by Gasteiger charge is -2.43. The van der Waals surface area contributed by atoms with Gasteiger partial charge in [0.1, 0.15) is 6.61 Å². The minimum absolute atomic E-state index is 0.00569. The van der Waals surface area contributed by atoms with Gasteiger partial charge in [-0.1, -0.05) is 48.5 Å². The zero-order chi connectivity index (χ0) is 19.7. The molecule has 1 amide bonds. The Morgan fingerprint density at radius 1 is 1.07 bits per heavy atom. The van der Waals surface area contributed by atoms with E-state index in [1.807, 2.05) is 24.3 Å². The molecule has 1 saturated carbocycles. The Balaban J connectivity index is 1.37. The summed E-state index contributed by atoms with van der Waals surface area (Å²) in [5.74, 6) is -0.883. The molecule has 0 unspecified atom stereocenters. The Labute approximate surface area is 163 Å². The molecule has 2 N–H and O–H groups in total. The number of carboxylic acid groups (broad SMARTS) is 1. The Hall–Kier alpha value is -2.86. The number of alkyl carbamates (subject to hydrolysis) is 1. The highest BCUT2D eigenvalue weighted by molar-refractivity contribution is 5.79. The van der Waals surface area contributed by atoms with Crippen LogP contribution in [0.15, 0.2) is 48.5 Å². The molecule has 2 aliphatic carbocycles. The number of nitrogens with one attached hydrogen (secondary N) is 1. The zero-order valence-corrected chi connectivity index (χ0v) is 15.7. The molecule has 1 fully saturated rings. The number of benzene rings is 2. The third-order valence-corrected chi connectivity index (χ3v) is 5.81. The van der Waals surface area contributed by atoms with Crippen molar-refractivity contribution < 1.29 is 24.2 Å². The molecule has 0 bridgehead atoms. The van der Waals surface area contributed by atoms with Gasteiger partial charge >= 0.3 is 12.1 Å². The van der Waals surface area contributed by atoms with E-state index in [9.17, 15) is 14.7 Å². The van der Waals surface area contributed by atoms with E-state index >= 15 is 0 Å². The molecular weight excluding hydrogens is 358 g/mol. The largest absolute Gasteiger partial charge is 0.481 e. The van der Waals surface area contributed by atoms with E-state index in [1.54, 1.807) is 0 Å². The van der Waals surface area contributed by atoms with Gasteiger partial charge in [-0.15, -0.1) is 0 Å². The third-order valence-electron chi connectivity index (χ3n) is 5.81. The highest BCUT2D eigenvalue weighted by atomic mass is 16.5. The van der Waals surface area contributed by atoms with Crippen LogP contribution in [0.4, 0.5) is 4.79 Å². The van der Waals surface area contributed by atoms with Crippen LogP contribution in [-0.2, 0) is 14.3 Å². The number of hydrogen-bond acceptors (Lipinski definition) is 4. The standard InChI is InChI=1S/C22H23NO5/c1-27-13-22(20(24)25)10-14(11-22)23-21(26)28-12-19-17-8-4-2-6-15(17)16-7-3-5-9-18(16)19/h2-9,14,19H,10-13H2,1H3,(H,23,26)(H,24,25). The lowest BCUT2D eigenvalue weighted by molar-refractivity contribution is -0.161. The van der Waals surface area contributed by atoms with Gasteiger partial charge in [0.2, 0.25) is 0 Å². The van der Waals surface area contributed by atoms with Gasteiger partial charge in [-0.25, -0.2) is 4.79 Å². The van der Waals surface area contributed by atoms with Crippen molar-refractivity contribution in [2.24, 2.45) is 5.41 Å². The molecule has 2 aromatic rings. The first-order valence-electron chi connectivity index (χ1n) is 9.38. The van der Waals surface area contributed by atoms with E-state index in [0.717, 1.165) is 11.1 Å². The first kappa shape index (κ1) is 18.5. The second kappa shape index (κ2) is 7.28. The van der Waals surface area contributed by atoms with Crippen molar-refractivity contribution >= 4 is 12.1 Å². The zero-order valence-electron chi connectivity index (χ0n) is 15.7. The maximum atomic E-state index is 12.3. The molecule has 0 radical (unpaired) electrons. The fourth-order valence-corrected chi connectivity index (χ4v) is 4.42. The fourth-order valence-electron chi connectivity index (χ4n) is 4.42. The van der Waals surface area contributed by atoms with E-state index in [0.29, 0.717) is 12.8 Å². The maximum Gasteiger partial charge on any atom is 0.407 e. The molecule has 0 atom stereocenters. The summed E-state index contributed by atoms with van der Waals surface area (Å²) in [5, 5.41) is 12.2. The molecule has 0 aromatic heterocycles. The van der Waals surface area contributed by atoms with Gasteiger partial charge < -0.3 is 19.9 Å². The quantitative estimate of drug-likeness (QED) is 0.801. The van der Waals surface area contributed by atoms with Crippen molar-refractivity contribution in [3.05, 3.63) is 59.7 Å². The molecule has 146 valence electrons. The summed E-state index contributed by atoms with van der Waals surface area (Å²) in [7, 11) is 1.48. The summed E-state index contributed by atoms with van der Waals surface area (Å²) in [6.07, 6.45) is 0.184. The first-order valence-corrected chi connectivity index (χ1v) is 9.38. The number of rotatable bonds is 6. The van der Waals surface area contributed by atoms with E-state index in [1.165, 1.54) is 18.2 Å². The topological polar surface area (TPSA) is 84.9 Å². The Morgan fingerprint density at radius 3 is 2.18 bits per heavy atom. The molecule has 0 saturated heterocycles. The van der Waals surface area contributed by atoms with E-state index in [-0.39, 0.29) is 25.2 Å². The summed E-state index contributed by atoms with van der Waals surface area (Å²) in [6, 6.07) is 16.1. The molecule has 0 heterocycles. The lowest BCUT2D eigenvalue weighted by atomic mass is 9.66. The van der Waals surface area contributed by atoms with Crippen molar-refractivity contribution in [3.8, 4) is 11.1 Å². The van der Waals surface area contributed by atoms with Gasteiger partial charge in [-0.3, -0.25) is 4.79 Å². The minimum atomic E-state index is -0.907. The predicted molar refractivity (Wildman–Crippen MR) is 103 cm³/mol. The molecule has 28 heavy (non-hydrogen) atoms. The minimum Gasteiger partial charge on any atom is -0.481 e. The Kier molecular flexibility index (Phi) is 4.81. The molecular formula is C22H23NO5.